The first-order valence-corrected chi connectivity index (χ1v) is 6.69. The number of rotatable bonds is 4. The minimum absolute atomic E-state index is 0.0615. The van der Waals surface area contributed by atoms with E-state index in [4.69, 9.17) is 4.74 Å². The van der Waals surface area contributed by atoms with Gasteiger partial charge < -0.3 is 15.2 Å². The Balaban J connectivity index is 2.23. The molecule has 1 aliphatic heterocycles. The second kappa shape index (κ2) is 6.29. The predicted molar refractivity (Wildman–Crippen MR) is 80.9 cm³/mol. The van der Waals surface area contributed by atoms with Gasteiger partial charge in [-0.1, -0.05) is 12.1 Å². The summed E-state index contributed by atoms with van der Waals surface area (Å²) in [5, 5.41) is 12.8. The largest absolute Gasteiger partial charge is 0.504 e. The molecule has 0 saturated carbocycles. The number of benzene rings is 1. The molecule has 20 heavy (non-hydrogen) atoms. The number of thioether (sulfide) groups is 1. The Kier molecular flexibility index (Phi) is 4.47. The average molecular weight is 290 g/mol. The van der Waals surface area contributed by atoms with Crippen LogP contribution in [0, 0.1) is 0 Å². The van der Waals surface area contributed by atoms with Gasteiger partial charge in [0.1, 0.15) is 0 Å². The molecule has 0 unspecified atom stereocenters. The van der Waals surface area contributed by atoms with E-state index in [1.54, 1.807) is 24.3 Å². The van der Waals surface area contributed by atoms with Crippen LogP contribution in [-0.4, -0.2) is 29.8 Å². The quantitative estimate of drug-likeness (QED) is 0.658. The normalized spacial score (nSPS) is 18.4. The third-order valence-electron chi connectivity index (χ3n) is 2.52. The highest BCUT2D eigenvalue weighted by Crippen LogP contribution is 2.30. The topological polar surface area (TPSA) is 70.9 Å². The summed E-state index contributed by atoms with van der Waals surface area (Å²) in [6.07, 6.45) is 3.38. The summed E-state index contributed by atoms with van der Waals surface area (Å²) in [7, 11) is 1.48. The van der Waals surface area contributed by atoms with Crippen molar-refractivity contribution in [2.75, 3.05) is 13.7 Å². The highest BCUT2D eigenvalue weighted by atomic mass is 32.2. The Labute approximate surface area is 121 Å². The Morgan fingerprint density at radius 1 is 1.55 bits per heavy atom. The van der Waals surface area contributed by atoms with Crippen LogP contribution in [0.4, 0.5) is 0 Å². The van der Waals surface area contributed by atoms with E-state index < -0.39 is 0 Å². The zero-order chi connectivity index (χ0) is 14.5. The lowest BCUT2D eigenvalue weighted by Crippen LogP contribution is -2.19. The van der Waals surface area contributed by atoms with Gasteiger partial charge in [0.15, 0.2) is 16.7 Å². The number of aliphatic imine (C=N–C) groups is 1. The first-order chi connectivity index (χ1) is 9.63. The predicted octanol–water partition coefficient (Wildman–Crippen LogP) is 2.15. The number of hydrogen-bond acceptors (Lipinski definition) is 5. The first kappa shape index (κ1) is 14.2. The van der Waals surface area contributed by atoms with Gasteiger partial charge in [0.05, 0.1) is 18.6 Å². The van der Waals surface area contributed by atoms with Gasteiger partial charge in [0.2, 0.25) is 0 Å². The Bertz CT molecular complexity index is 608. The molecule has 1 aromatic rings. The van der Waals surface area contributed by atoms with E-state index in [2.05, 4.69) is 16.9 Å². The van der Waals surface area contributed by atoms with Crippen LogP contribution in [0.1, 0.15) is 5.56 Å². The van der Waals surface area contributed by atoms with Crippen molar-refractivity contribution in [1.29, 1.82) is 0 Å². The summed E-state index contributed by atoms with van der Waals surface area (Å²) in [5.74, 6) is 0.236. The van der Waals surface area contributed by atoms with E-state index in [9.17, 15) is 9.90 Å². The number of ether oxygens (including phenoxy) is 1. The van der Waals surface area contributed by atoms with E-state index in [1.807, 2.05) is 0 Å². The molecule has 1 heterocycles. The van der Waals surface area contributed by atoms with E-state index in [0.717, 1.165) is 5.56 Å². The number of phenolic OH excluding ortho intramolecular Hbond substituents is 1. The number of amidine groups is 1. The Morgan fingerprint density at radius 3 is 3.05 bits per heavy atom. The molecule has 1 fully saturated rings. The molecule has 1 amide bonds. The smallest absolute Gasteiger partial charge is 0.264 e. The maximum Gasteiger partial charge on any atom is 0.264 e. The van der Waals surface area contributed by atoms with Crippen molar-refractivity contribution in [3.8, 4) is 11.5 Å². The van der Waals surface area contributed by atoms with Crippen LogP contribution < -0.4 is 10.1 Å². The molecule has 1 aliphatic rings. The fraction of sp³-hybridized carbons (Fsp3) is 0.143. The minimum Gasteiger partial charge on any atom is -0.504 e. The van der Waals surface area contributed by atoms with Gasteiger partial charge in [0, 0.05) is 0 Å². The molecule has 0 bridgehead atoms. The van der Waals surface area contributed by atoms with Crippen molar-refractivity contribution in [2.24, 2.45) is 4.99 Å². The number of aromatic hydroxyl groups is 1. The molecule has 0 atom stereocenters. The molecule has 0 spiro atoms. The van der Waals surface area contributed by atoms with E-state index in [0.29, 0.717) is 22.4 Å². The number of carbonyl (C=O) groups is 1. The molecular weight excluding hydrogens is 276 g/mol. The van der Waals surface area contributed by atoms with E-state index in [1.165, 1.54) is 24.9 Å². The number of amides is 1. The highest BCUT2D eigenvalue weighted by Gasteiger charge is 2.23. The van der Waals surface area contributed by atoms with E-state index >= 15 is 0 Å². The molecule has 2 N–H and O–H groups in total. The SMILES string of the molecule is C=CCN=C1NC(=O)/C(=C/c2ccc(O)c(OC)c2)S1. The lowest BCUT2D eigenvalue weighted by Gasteiger charge is -2.03. The molecule has 6 heteroatoms. The molecule has 104 valence electrons. The van der Waals surface area contributed by atoms with Crippen LogP contribution in [-0.2, 0) is 4.79 Å². The zero-order valence-corrected chi connectivity index (χ0v) is 11.7. The summed E-state index contributed by atoms with van der Waals surface area (Å²) in [4.78, 5) is 16.5. The van der Waals surface area contributed by atoms with Crippen molar-refractivity contribution >= 4 is 28.9 Å². The number of phenols is 1. The van der Waals surface area contributed by atoms with Gasteiger partial charge in [-0.2, -0.15) is 0 Å². The van der Waals surface area contributed by atoms with Crippen LogP contribution in [0.5, 0.6) is 11.5 Å². The van der Waals surface area contributed by atoms with Crippen molar-refractivity contribution < 1.29 is 14.6 Å². The van der Waals surface area contributed by atoms with Gasteiger partial charge in [-0.15, -0.1) is 6.58 Å². The van der Waals surface area contributed by atoms with Crippen LogP contribution in [0.25, 0.3) is 6.08 Å². The van der Waals surface area contributed by atoms with Crippen LogP contribution in [0.3, 0.4) is 0 Å². The third-order valence-corrected chi connectivity index (χ3v) is 3.46. The fourth-order valence-electron chi connectivity index (χ4n) is 1.58. The average Bonchev–Trinajstić information content (AvgIpc) is 2.79. The third kappa shape index (κ3) is 3.21. The van der Waals surface area contributed by atoms with Gasteiger partial charge in [-0.25, -0.2) is 0 Å². The molecule has 0 aliphatic carbocycles. The van der Waals surface area contributed by atoms with Crippen molar-refractivity contribution in [2.45, 2.75) is 0 Å². The van der Waals surface area contributed by atoms with Crippen molar-refractivity contribution in [1.82, 2.24) is 5.32 Å². The lowest BCUT2D eigenvalue weighted by molar-refractivity contribution is -0.115. The molecule has 0 radical (unpaired) electrons. The minimum atomic E-state index is -0.190. The number of hydrogen-bond donors (Lipinski definition) is 2. The molecule has 1 saturated heterocycles. The number of nitrogens with zero attached hydrogens (tertiary/aromatic N) is 1. The summed E-state index contributed by atoms with van der Waals surface area (Å²) < 4.78 is 5.03. The van der Waals surface area contributed by atoms with Crippen LogP contribution in [0.15, 0.2) is 40.8 Å². The number of nitrogens with one attached hydrogen (secondary N) is 1. The Hall–Kier alpha value is -2.21. The molecule has 1 aromatic carbocycles. The van der Waals surface area contributed by atoms with E-state index in [-0.39, 0.29) is 11.7 Å². The fourth-order valence-corrected chi connectivity index (χ4v) is 2.41. The van der Waals surface area contributed by atoms with Gasteiger partial charge in [-0.3, -0.25) is 9.79 Å². The summed E-state index contributed by atoms with van der Waals surface area (Å²) in [6.45, 7) is 4.03. The van der Waals surface area contributed by atoms with Gasteiger partial charge in [-0.05, 0) is 35.5 Å². The molecule has 2 rings (SSSR count). The van der Waals surface area contributed by atoms with Gasteiger partial charge >= 0.3 is 0 Å². The van der Waals surface area contributed by atoms with Crippen LogP contribution in [0.2, 0.25) is 0 Å². The molecular formula is C14H14N2O3S. The first-order valence-electron chi connectivity index (χ1n) is 5.87. The molecule has 5 nitrogen and oxygen atoms in total. The maximum absolute atomic E-state index is 11.8. The summed E-state index contributed by atoms with van der Waals surface area (Å²) in [6, 6.07) is 4.89. The summed E-state index contributed by atoms with van der Waals surface area (Å²) >= 11 is 1.27. The van der Waals surface area contributed by atoms with Gasteiger partial charge in [0.25, 0.3) is 5.91 Å². The number of carbonyl (C=O) groups excluding carboxylic acids is 1. The monoisotopic (exact) mass is 290 g/mol. The summed E-state index contributed by atoms with van der Waals surface area (Å²) in [5.41, 5.74) is 0.766. The molecule has 0 aromatic heterocycles. The Morgan fingerprint density at radius 2 is 2.35 bits per heavy atom. The zero-order valence-electron chi connectivity index (χ0n) is 10.9. The van der Waals surface area contributed by atoms with Crippen LogP contribution >= 0.6 is 11.8 Å². The second-order valence-electron chi connectivity index (χ2n) is 3.93. The van der Waals surface area contributed by atoms with Crippen molar-refractivity contribution in [3.05, 3.63) is 41.3 Å². The number of methoxy groups -OCH3 is 1. The standard InChI is InChI=1S/C14H14N2O3S/c1-3-6-15-14-16-13(18)12(20-14)8-9-4-5-10(17)11(7-9)19-2/h3-5,7-8,17H,1,6H2,2H3,(H,15,16,18)/b12-8-. The highest BCUT2D eigenvalue weighted by molar-refractivity contribution is 8.18. The maximum atomic E-state index is 11.8. The lowest BCUT2D eigenvalue weighted by atomic mass is 10.2. The van der Waals surface area contributed by atoms with Crippen molar-refractivity contribution in [3.63, 3.8) is 0 Å². The second-order valence-corrected chi connectivity index (χ2v) is 4.96.